The Labute approximate surface area is 163 Å². The molecule has 2 aromatic heterocycles. The van der Waals surface area contributed by atoms with Gasteiger partial charge in [-0.25, -0.2) is 0 Å². The summed E-state index contributed by atoms with van der Waals surface area (Å²) in [5.74, 6) is 1.85. The summed E-state index contributed by atoms with van der Waals surface area (Å²) in [5, 5.41) is 11.1. The second-order valence-corrected chi connectivity index (χ2v) is 8.56. The van der Waals surface area contributed by atoms with Gasteiger partial charge in [0.2, 0.25) is 0 Å². The van der Waals surface area contributed by atoms with Gasteiger partial charge in [-0.05, 0) is 42.1 Å². The quantitative estimate of drug-likeness (QED) is 0.352. The summed E-state index contributed by atoms with van der Waals surface area (Å²) < 4.78 is 4.59. The van der Waals surface area contributed by atoms with Crippen molar-refractivity contribution in [2.45, 2.75) is 24.4 Å². The SMILES string of the molecule is CCn1c(SCc2ccc(Br)cc2)nnc1-c1cc2ccccc2s1. The van der Waals surface area contributed by atoms with Crippen LogP contribution in [0.4, 0.5) is 0 Å². The molecule has 25 heavy (non-hydrogen) atoms. The van der Waals surface area contributed by atoms with E-state index in [4.69, 9.17) is 0 Å². The maximum atomic E-state index is 4.47. The Morgan fingerprint density at radius 2 is 1.88 bits per heavy atom. The molecule has 0 saturated heterocycles. The molecule has 126 valence electrons. The van der Waals surface area contributed by atoms with E-state index in [9.17, 15) is 0 Å². The van der Waals surface area contributed by atoms with Crippen molar-refractivity contribution in [3.63, 3.8) is 0 Å². The minimum atomic E-state index is 0.860. The van der Waals surface area contributed by atoms with Gasteiger partial charge in [-0.3, -0.25) is 0 Å². The third kappa shape index (κ3) is 3.52. The van der Waals surface area contributed by atoms with Crippen LogP contribution in [0, 0.1) is 0 Å². The molecule has 0 saturated carbocycles. The minimum absolute atomic E-state index is 0.860. The molecule has 4 aromatic rings. The zero-order chi connectivity index (χ0) is 17.2. The Bertz CT molecular complexity index is 972. The molecule has 6 heteroatoms. The number of halogens is 1. The first-order valence-electron chi connectivity index (χ1n) is 8.04. The molecule has 2 aromatic carbocycles. The van der Waals surface area contributed by atoms with E-state index in [1.165, 1.54) is 20.5 Å². The highest BCUT2D eigenvalue weighted by atomic mass is 79.9. The molecule has 3 nitrogen and oxygen atoms in total. The summed E-state index contributed by atoms with van der Waals surface area (Å²) in [4.78, 5) is 1.17. The van der Waals surface area contributed by atoms with Gasteiger partial charge >= 0.3 is 0 Å². The molecule has 0 bridgehead atoms. The molecule has 2 heterocycles. The van der Waals surface area contributed by atoms with Crippen LogP contribution in [0.5, 0.6) is 0 Å². The maximum Gasteiger partial charge on any atom is 0.191 e. The van der Waals surface area contributed by atoms with E-state index in [2.05, 4.69) is 92.2 Å². The summed E-state index contributed by atoms with van der Waals surface area (Å²) in [6.45, 7) is 3.00. The van der Waals surface area contributed by atoms with Crippen LogP contribution in [0.2, 0.25) is 0 Å². The first kappa shape index (κ1) is 16.8. The average molecular weight is 430 g/mol. The molecule has 0 aliphatic rings. The highest BCUT2D eigenvalue weighted by Gasteiger charge is 2.15. The van der Waals surface area contributed by atoms with E-state index < -0.39 is 0 Å². The van der Waals surface area contributed by atoms with Gasteiger partial charge in [0.1, 0.15) is 0 Å². The van der Waals surface area contributed by atoms with Crippen LogP contribution in [0.15, 0.2) is 64.2 Å². The molecular weight excluding hydrogens is 414 g/mol. The zero-order valence-electron chi connectivity index (χ0n) is 13.6. The molecule has 0 atom stereocenters. The van der Waals surface area contributed by atoms with Crippen molar-refractivity contribution < 1.29 is 0 Å². The number of nitrogens with zero attached hydrogens (tertiary/aromatic N) is 3. The second kappa shape index (κ2) is 7.32. The summed E-state index contributed by atoms with van der Waals surface area (Å²) in [7, 11) is 0. The molecule has 0 radical (unpaired) electrons. The molecule has 0 N–H and O–H groups in total. The molecule has 0 unspecified atom stereocenters. The molecule has 4 rings (SSSR count). The largest absolute Gasteiger partial charge is 0.302 e. The lowest BCUT2D eigenvalue weighted by molar-refractivity contribution is 0.688. The van der Waals surface area contributed by atoms with Gasteiger partial charge in [-0.2, -0.15) is 0 Å². The number of thioether (sulfide) groups is 1. The van der Waals surface area contributed by atoms with Gasteiger partial charge < -0.3 is 4.57 Å². The van der Waals surface area contributed by atoms with Gasteiger partial charge in [-0.1, -0.05) is 58.0 Å². The van der Waals surface area contributed by atoms with E-state index in [1.54, 1.807) is 23.1 Å². The van der Waals surface area contributed by atoms with Crippen LogP contribution in [-0.4, -0.2) is 14.8 Å². The van der Waals surface area contributed by atoms with Gasteiger partial charge in [0.25, 0.3) is 0 Å². The number of fused-ring (bicyclic) bond motifs is 1. The fraction of sp³-hybridized carbons (Fsp3) is 0.158. The van der Waals surface area contributed by atoms with E-state index >= 15 is 0 Å². The molecule has 0 amide bonds. The molecule has 0 fully saturated rings. The van der Waals surface area contributed by atoms with Crippen LogP contribution >= 0.6 is 39.0 Å². The first-order chi connectivity index (χ1) is 12.2. The van der Waals surface area contributed by atoms with Crippen LogP contribution < -0.4 is 0 Å². The van der Waals surface area contributed by atoms with Crippen molar-refractivity contribution in [2.24, 2.45) is 0 Å². The lowest BCUT2D eigenvalue weighted by atomic mass is 10.2. The number of rotatable bonds is 5. The normalized spacial score (nSPS) is 11.3. The Morgan fingerprint density at radius 1 is 1.08 bits per heavy atom. The Hall–Kier alpha value is -1.63. The first-order valence-corrected chi connectivity index (χ1v) is 10.6. The van der Waals surface area contributed by atoms with Gasteiger partial charge in [-0.15, -0.1) is 21.5 Å². The number of aromatic nitrogens is 3. The van der Waals surface area contributed by atoms with Crippen molar-refractivity contribution in [1.82, 2.24) is 14.8 Å². The Morgan fingerprint density at radius 3 is 2.64 bits per heavy atom. The molecule has 0 spiro atoms. The Balaban J connectivity index is 1.61. The van der Waals surface area contributed by atoms with Gasteiger partial charge in [0, 0.05) is 21.5 Å². The van der Waals surface area contributed by atoms with Crippen molar-refractivity contribution in [2.75, 3.05) is 0 Å². The van der Waals surface area contributed by atoms with Gasteiger partial charge in [0.05, 0.1) is 4.88 Å². The predicted octanol–water partition coefficient (Wildman–Crippen LogP) is 6.23. The highest BCUT2D eigenvalue weighted by molar-refractivity contribution is 9.10. The number of benzene rings is 2. The van der Waals surface area contributed by atoms with Gasteiger partial charge in [0.15, 0.2) is 11.0 Å². The smallest absolute Gasteiger partial charge is 0.191 e. The van der Waals surface area contributed by atoms with Crippen molar-refractivity contribution in [3.8, 4) is 10.7 Å². The molecule has 0 aliphatic carbocycles. The molecular formula is C19H16BrN3S2. The fourth-order valence-corrected chi connectivity index (χ4v) is 4.96. The van der Waals surface area contributed by atoms with Crippen molar-refractivity contribution in [3.05, 3.63) is 64.6 Å². The van der Waals surface area contributed by atoms with Crippen LogP contribution in [-0.2, 0) is 12.3 Å². The average Bonchev–Trinajstić information content (AvgIpc) is 3.24. The van der Waals surface area contributed by atoms with Crippen LogP contribution in [0.3, 0.4) is 0 Å². The number of hydrogen-bond donors (Lipinski definition) is 0. The van der Waals surface area contributed by atoms with Crippen LogP contribution in [0.1, 0.15) is 12.5 Å². The summed E-state index contributed by atoms with van der Waals surface area (Å²) >= 11 is 6.98. The van der Waals surface area contributed by atoms with E-state index in [0.29, 0.717) is 0 Å². The van der Waals surface area contributed by atoms with E-state index in [0.717, 1.165) is 27.8 Å². The van der Waals surface area contributed by atoms with Crippen molar-refractivity contribution >= 4 is 49.1 Å². The van der Waals surface area contributed by atoms with Crippen LogP contribution in [0.25, 0.3) is 20.8 Å². The summed E-state index contributed by atoms with van der Waals surface area (Å²) in [5.41, 5.74) is 1.28. The summed E-state index contributed by atoms with van der Waals surface area (Å²) in [6.07, 6.45) is 0. The predicted molar refractivity (Wildman–Crippen MR) is 110 cm³/mol. The topological polar surface area (TPSA) is 30.7 Å². The lowest BCUT2D eigenvalue weighted by Crippen LogP contribution is -1.99. The Kier molecular flexibility index (Phi) is 4.92. The third-order valence-corrected chi connectivity index (χ3v) is 6.64. The minimum Gasteiger partial charge on any atom is -0.302 e. The van der Waals surface area contributed by atoms with Crippen molar-refractivity contribution in [1.29, 1.82) is 0 Å². The zero-order valence-corrected chi connectivity index (χ0v) is 16.9. The fourth-order valence-electron chi connectivity index (χ4n) is 2.68. The summed E-state index contributed by atoms with van der Waals surface area (Å²) in [6, 6.07) is 19.1. The monoisotopic (exact) mass is 429 g/mol. The second-order valence-electron chi connectivity index (χ2n) is 5.61. The van der Waals surface area contributed by atoms with E-state index in [1.807, 2.05) is 0 Å². The lowest BCUT2D eigenvalue weighted by Gasteiger charge is -2.06. The highest BCUT2D eigenvalue weighted by Crippen LogP contribution is 2.34. The van der Waals surface area contributed by atoms with E-state index in [-0.39, 0.29) is 0 Å². The number of thiophene rings is 1. The maximum absolute atomic E-state index is 4.47. The number of hydrogen-bond acceptors (Lipinski definition) is 4. The third-order valence-electron chi connectivity index (χ3n) is 3.96. The standard InChI is InChI=1S/C19H16BrN3S2/c1-2-23-18(17-11-14-5-3-4-6-16(14)25-17)21-22-19(23)24-12-13-7-9-15(20)10-8-13/h3-11H,2,12H2,1H3. The molecule has 0 aliphatic heterocycles.